The molecule has 3 saturated carbocycles. The van der Waals surface area contributed by atoms with Gasteiger partial charge >= 0.3 is 0 Å². The van der Waals surface area contributed by atoms with Gasteiger partial charge in [-0.2, -0.15) is 0 Å². The molecule has 0 spiro atoms. The van der Waals surface area contributed by atoms with E-state index >= 15 is 0 Å². The molecule has 0 bridgehead atoms. The van der Waals surface area contributed by atoms with Crippen LogP contribution < -0.4 is 0 Å². The van der Waals surface area contributed by atoms with Crippen LogP contribution in [0.4, 0.5) is 0 Å². The second-order valence-electron chi connectivity index (χ2n) is 12.7. The van der Waals surface area contributed by atoms with Crippen molar-refractivity contribution in [2.45, 2.75) is 111 Å². The standard InChI is InChI=1S/C28H46O3/c1-7-17(2)16-30-28(6)18(3)25-24(31-28)15-23-21-9-8-19-14-20(29)10-12-26(19,4)22(21)11-13-27(23,25)5/h8,17-18,20-25,29H,7,9-16H2,1-6H3/t17-,18+,20+,21-,22+,23+,24+,25+,26+,27+,28-/m1/s1. The normalized spacial score (nSPS) is 54.4. The first kappa shape index (κ1) is 22.4. The van der Waals surface area contributed by atoms with Crippen molar-refractivity contribution in [1.29, 1.82) is 0 Å². The minimum Gasteiger partial charge on any atom is -0.393 e. The molecule has 1 N–H and O–H groups in total. The van der Waals surface area contributed by atoms with E-state index < -0.39 is 5.79 Å². The number of aliphatic hydroxyl groups is 1. The van der Waals surface area contributed by atoms with Gasteiger partial charge in [0.1, 0.15) is 0 Å². The van der Waals surface area contributed by atoms with Crippen molar-refractivity contribution in [3.63, 3.8) is 0 Å². The van der Waals surface area contributed by atoms with Crippen molar-refractivity contribution < 1.29 is 14.6 Å². The lowest BCUT2D eigenvalue weighted by atomic mass is 9.47. The highest BCUT2D eigenvalue weighted by atomic mass is 16.7. The Morgan fingerprint density at radius 3 is 2.71 bits per heavy atom. The molecular weight excluding hydrogens is 384 g/mol. The Bertz CT molecular complexity index is 732. The van der Waals surface area contributed by atoms with E-state index in [4.69, 9.17) is 9.47 Å². The van der Waals surface area contributed by atoms with Crippen molar-refractivity contribution in [2.24, 2.45) is 46.3 Å². The maximum Gasteiger partial charge on any atom is 0.168 e. The summed E-state index contributed by atoms with van der Waals surface area (Å²) in [5.74, 6) is 3.58. The van der Waals surface area contributed by atoms with Crippen LogP contribution in [0.3, 0.4) is 0 Å². The average molecular weight is 431 g/mol. The van der Waals surface area contributed by atoms with Crippen molar-refractivity contribution in [2.75, 3.05) is 6.61 Å². The van der Waals surface area contributed by atoms with Crippen LogP contribution in [0.25, 0.3) is 0 Å². The summed E-state index contributed by atoms with van der Waals surface area (Å²) in [7, 11) is 0. The number of aliphatic hydroxyl groups excluding tert-OH is 1. The zero-order valence-corrected chi connectivity index (χ0v) is 20.8. The minimum atomic E-state index is -0.422. The molecule has 176 valence electrons. The summed E-state index contributed by atoms with van der Waals surface area (Å²) in [6, 6.07) is 0. The van der Waals surface area contributed by atoms with Gasteiger partial charge in [0.05, 0.1) is 18.8 Å². The number of ether oxygens (including phenoxy) is 2. The lowest BCUT2D eigenvalue weighted by Crippen LogP contribution is -2.51. The summed E-state index contributed by atoms with van der Waals surface area (Å²) in [5, 5.41) is 10.3. The summed E-state index contributed by atoms with van der Waals surface area (Å²) in [4.78, 5) is 0. The number of hydrogen-bond acceptors (Lipinski definition) is 3. The molecule has 4 fully saturated rings. The van der Waals surface area contributed by atoms with E-state index in [2.05, 4.69) is 47.6 Å². The second-order valence-corrected chi connectivity index (χ2v) is 12.7. The molecule has 0 amide bonds. The van der Waals surface area contributed by atoms with Gasteiger partial charge in [0, 0.05) is 5.92 Å². The van der Waals surface area contributed by atoms with Gasteiger partial charge in [-0.25, -0.2) is 0 Å². The topological polar surface area (TPSA) is 38.7 Å². The number of hydrogen-bond donors (Lipinski definition) is 1. The smallest absolute Gasteiger partial charge is 0.168 e. The van der Waals surface area contributed by atoms with Crippen LogP contribution in [0.2, 0.25) is 0 Å². The van der Waals surface area contributed by atoms with E-state index in [9.17, 15) is 5.11 Å². The quantitative estimate of drug-likeness (QED) is 0.528. The zero-order chi connectivity index (χ0) is 22.2. The van der Waals surface area contributed by atoms with Gasteiger partial charge in [0.15, 0.2) is 5.79 Å². The Hall–Kier alpha value is -0.380. The predicted octanol–water partition coefficient (Wildman–Crippen LogP) is 6.35. The van der Waals surface area contributed by atoms with Crippen LogP contribution in [0.5, 0.6) is 0 Å². The van der Waals surface area contributed by atoms with Crippen molar-refractivity contribution in [3.05, 3.63) is 11.6 Å². The highest BCUT2D eigenvalue weighted by Gasteiger charge is 2.67. The van der Waals surface area contributed by atoms with Crippen LogP contribution in [-0.2, 0) is 9.47 Å². The third kappa shape index (κ3) is 3.23. The van der Waals surface area contributed by atoms with Crippen molar-refractivity contribution in [1.82, 2.24) is 0 Å². The monoisotopic (exact) mass is 430 g/mol. The van der Waals surface area contributed by atoms with Gasteiger partial charge in [-0.1, -0.05) is 52.7 Å². The Morgan fingerprint density at radius 2 is 1.97 bits per heavy atom. The van der Waals surface area contributed by atoms with Crippen molar-refractivity contribution >= 4 is 0 Å². The first-order chi connectivity index (χ1) is 14.6. The molecule has 0 aromatic heterocycles. The molecule has 0 aromatic carbocycles. The fraction of sp³-hybridized carbons (Fsp3) is 0.929. The van der Waals surface area contributed by atoms with Crippen LogP contribution in [-0.4, -0.2) is 29.7 Å². The lowest BCUT2D eigenvalue weighted by Gasteiger charge is -2.58. The Kier molecular flexibility index (Phi) is 5.47. The molecule has 3 heteroatoms. The lowest BCUT2D eigenvalue weighted by molar-refractivity contribution is -0.240. The Morgan fingerprint density at radius 1 is 1.19 bits per heavy atom. The highest BCUT2D eigenvalue weighted by molar-refractivity contribution is 5.26. The van der Waals surface area contributed by atoms with E-state index in [1.807, 2.05) is 0 Å². The number of fused-ring (bicyclic) bond motifs is 7. The van der Waals surface area contributed by atoms with Crippen LogP contribution in [0.1, 0.15) is 92.9 Å². The molecule has 5 aliphatic rings. The number of allylic oxidation sites excluding steroid dienone is 1. The van der Waals surface area contributed by atoms with Crippen LogP contribution in [0.15, 0.2) is 11.6 Å². The third-order valence-electron chi connectivity index (χ3n) is 11.3. The molecule has 0 unspecified atom stereocenters. The molecule has 0 radical (unpaired) electrons. The fourth-order valence-electron chi connectivity index (χ4n) is 9.01. The summed E-state index contributed by atoms with van der Waals surface area (Å²) >= 11 is 0. The predicted molar refractivity (Wildman–Crippen MR) is 124 cm³/mol. The zero-order valence-electron chi connectivity index (χ0n) is 20.8. The van der Waals surface area contributed by atoms with Gasteiger partial charge in [-0.15, -0.1) is 0 Å². The molecule has 1 heterocycles. The first-order valence-corrected chi connectivity index (χ1v) is 13.3. The maximum absolute atomic E-state index is 10.3. The molecule has 1 aliphatic heterocycles. The summed E-state index contributed by atoms with van der Waals surface area (Å²) in [6.45, 7) is 15.1. The largest absolute Gasteiger partial charge is 0.393 e. The molecular formula is C28H46O3. The van der Waals surface area contributed by atoms with E-state index in [0.717, 1.165) is 43.6 Å². The van der Waals surface area contributed by atoms with E-state index in [-0.39, 0.29) is 6.10 Å². The maximum atomic E-state index is 10.3. The first-order valence-electron chi connectivity index (χ1n) is 13.3. The molecule has 3 nitrogen and oxygen atoms in total. The second kappa shape index (κ2) is 7.57. The Labute approximate surface area is 190 Å². The van der Waals surface area contributed by atoms with Gasteiger partial charge in [-0.3, -0.25) is 0 Å². The molecule has 1 saturated heterocycles. The van der Waals surface area contributed by atoms with E-state index in [0.29, 0.717) is 34.7 Å². The fourth-order valence-corrected chi connectivity index (χ4v) is 9.01. The minimum absolute atomic E-state index is 0.113. The summed E-state index contributed by atoms with van der Waals surface area (Å²) in [5.41, 5.74) is 2.27. The molecule has 0 aromatic rings. The SMILES string of the molecule is CC[C@@H](C)CO[C@]1(C)O[C@H]2C[C@H]3[C@@H]4CC=C5C[C@@H](O)CC[C@]5(C)[C@H]4CC[C@]3(C)[C@H]2[C@@H]1C. The van der Waals surface area contributed by atoms with Crippen molar-refractivity contribution in [3.8, 4) is 0 Å². The molecule has 4 aliphatic carbocycles. The van der Waals surface area contributed by atoms with Crippen LogP contribution >= 0.6 is 0 Å². The Balaban J connectivity index is 1.37. The molecule has 31 heavy (non-hydrogen) atoms. The third-order valence-corrected chi connectivity index (χ3v) is 11.3. The molecule has 11 atom stereocenters. The highest BCUT2D eigenvalue weighted by Crippen LogP contribution is 2.70. The van der Waals surface area contributed by atoms with Gasteiger partial charge in [0.2, 0.25) is 0 Å². The van der Waals surface area contributed by atoms with Gasteiger partial charge in [0.25, 0.3) is 0 Å². The number of rotatable bonds is 4. The molecule has 5 rings (SSSR count). The summed E-state index contributed by atoms with van der Waals surface area (Å²) in [6.07, 6.45) is 12.1. The van der Waals surface area contributed by atoms with Gasteiger partial charge < -0.3 is 14.6 Å². The van der Waals surface area contributed by atoms with Gasteiger partial charge in [-0.05, 0) is 92.3 Å². The summed E-state index contributed by atoms with van der Waals surface area (Å²) < 4.78 is 13.3. The average Bonchev–Trinajstić information content (AvgIpc) is 3.17. The van der Waals surface area contributed by atoms with Crippen LogP contribution in [0, 0.1) is 46.3 Å². The van der Waals surface area contributed by atoms with E-state index in [1.54, 1.807) is 5.57 Å². The van der Waals surface area contributed by atoms with E-state index in [1.165, 1.54) is 32.1 Å².